The molecule has 0 radical (unpaired) electrons. The van der Waals surface area contributed by atoms with E-state index in [1.807, 2.05) is 0 Å². The van der Waals surface area contributed by atoms with Gasteiger partial charge in [0, 0.05) is 17.7 Å². The minimum absolute atomic E-state index is 0.307. The van der Waals surface area contributed by atoms with E-state index in [1.54, 1.807) is 56.5 Å². The van der Waals surface area contributed by atoms with Crippen molar-refractivity contribution in [2.75, 3.05) is 21.3 Å². The zero-order valence-electron chi connectivity index (χ0n) is 13.5. The lowest BCUT2D eigenvalue weighted by molar-refractivity contribution is 0.347. The lowest BCUT2D eigenvalue weighted by Crippen LogP contribution is -2.04. The highest BCUT2D eigenvalue weighted by Crippen LogP contribution is 2.39. The zero-order valence-corrected chi connectivity index (χ0v) is 13.5. The van der Waals surface area contributed by atoms with Crippen molar-refractivity contribution in [3.63, 3.8) is 0 Å². The van der Waals surface area contributed by atoms with E-state index in [0.29, 0.717) is 28.6 Å². The maximum absolute atomic E-state index is 13.2. The molecule has 124 valence electrons. The molecule has 0 aliphatic carbocycles. The Kier molecular flexibility index (Phi) is 4.33. The highest BCUT2D eigenvalue weighted by Gasteiger charge is 2.18. The summed E-state index contributed by atoms with van der Waals surface area (Å²) in [5, 5.41) is 8.09. The Morgan fingerprint density at radius 3 is 2.33 bits per heavy atom. The lowest BCUT2D eigenvalue weighted by atomic mass is 10.1. The van der Waals surface area contributed by atoms with E-state index in [4.69, 9.17) is 14.2 Å². The summed E-state index contributed by atoms with van der Waals surface area (Å²) in [6.45, 7) is 0. The maximum Gasteiger partial charge on any atom is 0.186 e. The fourth-order valence-corrected chi connectivity index (χ4v) is 2.43. The van der Waals surface area contributed by atoms with Crippen molar-refractivity contribution in [2.45, 2.75) is 0 Å². The summed E-state index contributed by atoms with van der Waals surface area (Å²) in [6, 6.07) is 9.58. The van der Waals surface area contributed by atoms with Crippen molar-refractivity contribution >= 4 is 0 Å². The molecule has 0 spiro atoms. The van der Waals surface area contributed by atoms with E-state index in [-0.39, 0.29) is 5.82 Å². The zero-order chi connectivity index (χ0) is 17.1. The van der Waals surface area contributed by atoms with Gasteiger partial charge in [-0.1, -0.05) is 5.21 Å². The minimum Gasteiger partial charge on any atom is -0.497 e. The van der Waals surface area contributed by atoms with Gasteiger partial charge in [-0.25, -0.2) is 9.07 Å². The van der Waals surface area contributed by atoms with Crippen LogP contribution in [0, 0.1) is 5.82 Å². The van der Waals surface area contributed by atoms with E-state index in [9.17, 15) is 4.39 Å². The second-order valence-corrected chi connectivity index (χ2v) is 4.92. The van der Waals surface area contributed by atoms with Gasteiger partial charge in [0.15, 0.2) is 11.5 Å². The third-order valence-electron chi connectivity index (χ3n) is 3.59. The maximum atomic E-state index is 13.2. The number of rotatable bonds is 5. The van der Waals surface area contributed by atoms with Gasteiger partial charge in [0.1, 0.15) is 17.3 Å². The Balaban J connectivity index is 2.20. The largest absolute Gasteiger partial charge is 0.497 e. The lowest BCUT2D eigenvalue weighted by Gasteiger charge is -2.15. The predicted octanol–water partition coefficient (Wildman–Crippen LogP) is 3.10. The number of halogens is 1. The Bertz CT molecular complexity index is 847. The summed E-state index contributed by atoms with van der Waals surface area (Å²) in [6.07, 6.45) is 1.60. The average Bonchev–Trinajstić information content (AvgIpc) is 3.10. The third kappa shape index (κ3) is 2.76. The molecule has 0 saturated heterocycles. The van der Waals surface area contributed by atoms with Crippen LogP contribution in [-0.4, -0.2) is 36.3 Å². The van der Waals surface area contributed by atoms with Crippen LogP contribution in [0.1, 0.15) is 0 Å². The first-order valence-corrected chi connectivity index (χ1v) is 7.15. The summed E-state index contributed by atoms with van der Waals surface area (Å²) >= 11 is 0. The second kappa shape index (κ2) is 6.57. The van der Waals surface area contributed by atoms with Crippen LogP contribution >= 0.6 is 0 Å². The smallest absolute Gasteiger partial charge is 0.186 e. The first kappa shape index (κ1) is 15.8. The topological polar surface area (TPSA) is 58.4 Å². The summed E-state index contributed by atoms with van der Waals surface area (Å²) in [5.74, 6) is 1.28. The molecule has 3 rings (SSSR count). The van der Waals surface area contributed by atoms with Gasteiger partial charge < -0.3 is 14.2 Å². The van der Waals surface area contributed by atoms with Gasteiger partial charge in [0.05, 0.1) is 33.2 Å². The van der Waals surface area contributed by atoms with E-state index in [0.717, 1.165) is 5.56 Å². The van der Waals surface area contributed by atoms with Crippen LogP contribution in [0.3, 0.4) is 0 Å². The van der Waals surface area contributed by atoms with Gasteiger partial charge in [0.25, 0.3) is 0 Å². The molecule has 0 amide bonds. The normalized spacial score (nSPS) is 10.5. The van der Waals surface area contributed by atoms with Crippen LogP contribution in [0.25, 0.3) is 16.9 Å². The van der Waals surface area contributed by atoms with E-state index in [1.165, 1.54) is 12.1 Å². The van der Waals surface area contributed by atoms with Crippen LogP contribution in [0.5, 0.6) is 17.2 Å². The first-order valence-electron chi connectivity index (χ1n) is 7.15. The fraction of sp³-hybridized carbons (Fsp3) is 0.176. The number of hydrogen-bond acceptors (Lipinski definition) is 5. The summed E-state index contributed by atoms with van der Waals surface area (Å²) in [5.41, 5.74) is 2.05. The van der Waals surface area contributed by atoms with Crippen LogP contribution in [0.4, 0.5) is 4.39 Å². The molecule has 0 bridgehead atoms. The van der Waals surface area contributed by atoms with E-state index >= 15 is 0 Å². The highest BCUT2D eigenvalue weighted by molar-refractivity contribution is 5.66. The Morgan fingerprint density at radius 2 is 1.71 bits per heavy atom. The average molecular weight is 329 g/mol. The summed E-state index contributed by atoms with van der Waals surface area (Å²) in [7, 11) is 4.65. The second-order valence-electron chi connectivity index (χ2n) is 4.92. The van der Waals surface area contributed by atoms with Crippen LogP contribution in [-0.2, 0) is 0 Å². The molecular weight excluding hydrogens is 313 g/mol. The minimum atomic E-state index is -0.307. The molecule has 2 aromatic carbocycles. The molecule has 0 atom stereocenters. The molecule has 0 unspecified atom stereocenters. The van der Waals surface area contributed by atoms with Crippen molar-refractivity contribution in [1.82, 2.24) is 15.0 Å². The summed E-state index contributed by atoms with van der Waals surface area (Å²) in [4.78, 5) is 0. The van der Waals surface area contributed by atoms with Crippen molar-refractivity contribution < 1.29 is 18.6 Å². The molecule has 0 N–H and O–H groups in total. The van der Waals surface area contributed by atoms with Crippen molar-refractivity contribution in [3.05, 3.63) is 48.4 Å². The standard InChI is InChI=1S/C17H16FN3O3/c1-22-13-8-14(17(24-3)16(9-13)23-2)21-15(10-19-20-21)11-4-6-12(18)7-5-11/h4-10H,1-3H3. The predicted molar refractivity (Wildman–Crippen MR) is 86.4 cm³/mol. The molecule has 24 heavy (non-hydrogen) atoms. The third-order valence-corrected chi connectivity index (χ3v) is 3.59. The fourth-order valence-electron chi connectivity index (χ4n) is 2.43. The number of ether oxygens (including phenoxy) is 3. The van der Waals surface area contributed by atoms with Crippen LogP contribution in [0.15, 0.2) is 42.6 Å². The molecule has 1 aromatic heterocycles. The van der Waals surface area contributed by atoms with Gasteiger partial charge in [0.2, 0.25) is 0 Å². The first-order chi connectivity index (χ1) is 11.7. The van der Waals surface area contributed by atoms with Crippen molar-refractivity contribution in [2.24, 2.45) is 0 Å². The summed E-state index contributed by atoms with van der Waals surface area (Å²) < 4.78 is 30.9. The molecular formula is C17H16FN3O3. The van der Waals surface area contributed by atoms with Crippen LogP contribution < -0.4 is 14.2 Å². The highest BCUT2D eigenvalue weighted by atomic mass is 19.1. The SMILES string of the molecule is COc1cc(OC)c(OC)c(-n2nncc2-c2ccc(F)cc2)c1. The molecule has 1 heterocycles. The molecule has 0 aliphatic rings. The van der Waals surface area contributed by atoms with Gasteiger partial charge in [-0.2, -0.15) is 0 Å². The van der Waals surface area contributed by atoms with E-state index in [2.05, 4.69) is 10.3 Å². The molecule has 3 aromatic rings. The van der Waals surface area contributed by atoms with Gasteiger partial charge >= 0.3 is 0 Å². The van der Waals surface area contributed by atoms with Crippen molar-refractivity contribution in [3.8, 4) is 34.2 Å². The van der Waals surface area contributed by atoms with E-state index < -0.39 is 0 Å². The van der Waals surface area contributed by atoms with Gasteiger partial charge in [-0.3, -0.25) is 0 Å². The molecule has 0 saturated carbocycles. The number of nitrogens with zero attached hydrogens (tertiary/aromatic N) is 3. The monoisotopic (exact) mass is 329 g/mol. The molecule has 6 nitrogen and oxygen atoms in total. The van der Waals surface area contributed by atoms with Crippen LogP contribution in [0.2, 0.25) is 0 Å². The van der Waals surface area contributed by atoms with Gasteiger partial charge in [-0.05, 0) is 24.3 Å². The quantitative estimate of drug-likeness (QED) is 0.720. The Morgan fingerprint density at radius 1 is 0.958 bits per heavy atom. The Labute approximate surface area is 138 Å². The molecule has 7 heteroatoms. The number of hydrogen-bond donors (Lipinski definition) is 0. The Hall–Kier alpha value is -3.09. The number of methoxy groups -OCH3 is 3. The molecule has 0 aliphatic heterocycles. The van der Waals surface area contributed by atoms with Crippen molar-refractivity contribution in [1.29, 1.82) is 0 Å². The van der Waals surface area contributed by atoms with Gasteiger partial charge in [-0.15, -0.1) is 5.10 Å². The molecule has 0 fully saturated rings. The number of benzene rings is 2. The number of aromatic nitrogens is 3.